The lowest BCUT2D eigenvalue weighted by molar-refractivity contribution is -0.118. The van der Waals surface area contributed by atoms with Crippen LogP contribution in [0.25, 0.3) is 0 Å². The molecule has 2 aromatic carbocycles. The summed E-state index contributed by atoms with van der Waals surface area (Å²) in [6.45, 7) is 1.78. The number of carbonyl (C=O) groups excluding carboxylic acids is 2. The zero-order valence-electron chi connectivity index (χ0n) is 16.1. The van der Waals surface area contributed by atoms with Gasteiger partial charge in [0.25, 0.3) is 0 Å². The molecule has 28 heavy (non-hydrogen) atoms. The molecule has 5 nitrogen and oxygen atoms in total. The first kappa shape index (κ1) is 18.7. The molecule has 0 saturated carbocycles. The van der Waals surface area contributed by atoms with Crippen molar-refractivity contribution in [2.45, 2.75) is 44.6 Å². The molecule has 2 aromatic rings. The van der Waals surface area contributed by atoms with E-state index in [0.29, 0.717) is 18.9 Å². The van der Waals surface area contributed by atoms with Crippen LogP contribution in [0.15, 0.2) is 48.5 Å². The van der Waals surface area contributed by atoms with Gasteiger partial charge in [0.05, 0.1) is 6.42 Å². The molecule has 2 N–H and O–H groups in total. The van der Waals surface area contributed by atoms with Crippen LogP contribution < -0.4 is 15.5 Å². The van der Waals surface area contributed by atoms with E-state index in [9.17, 15) is 9.59 Å². The van der Waals surface area contributed by atoms with Gasteiger partial charge in [-0.05, 0) is 61.6 Å². The van der Waals surface area contributed by atoms with Crippen LogP contribution >= 0.6 is 0 Å². The van der Waals surface area contributed by atoms with E-state index in [2.05, 4.69) is 16.7 Å². The van der Waals surface area contributed by atoms with Gasteiger partial charge in [0.15, 0.2) is 0 Å². The van der Waals surface area contributed by atoms with Crippen LogP contribution in [-0.2, 0) is 22.4 Å². The molecule has 1 unspecified atom stereocenters. The van der Waals surface area contributed by atoms with Gasteiger partial charge < -0.3 is 15.5 Å². The lowest BCUT2D eigenvalue weighted by Gasteiger charge is -2.29. The zero-order chi connectivity index (χ0) is 19.3. The molecule has 2 aliphatic heterocycles. The van der Waals surface area contributed by atoms with Gasteiger partial charge >= 0.3 is 0 Å². The molecular weight excluding hydrogens is 350 g/mol. The molecule has 1 saturated heterocycles. The summed E-state index contributed by atoms with van der Waals surface area (Å²) in [6, 6.07) is 16.1. The molecule has 0 radical (unpaired) electrons. The first-order chi connectivity index (χ1) is 13.7. The van der Waals surface area contributed by atoms with Gasteiger partial charge in [-0.15, -0.1) is 0 Å². The van der Waals surface area contributed by atoms with E-state index in [1.54, 1.807) is 0 Å². The summed E-state index contributed by atoms with van der Waals surface area (Å²) in [6.07, 6.45) is 5.12. The summed E-state index contributed by atoms with van der Waals surface area (Å²) in [4.78, 5) is 26.9. The highest BCUT2D eigenvalue weighted by Gasteiger charge is 2.22. The third-order valence-corrected chi connectivity index (χ3v) is 5.60. The molecular formula is C23H27N3O2. The Balaban J connectivity index is 1.34. The Kier molecular flexibility index (Phi) is 5.72. The minimum atomic E-state index is 0.0353. The Morgan fingerprint density at radius 2 is 1.89 bits per heavy atom. The van der Waals surface area contributed by atoms with Crippen molar-refractivity contribution in [1.29, 1.82) is 0 Å². The fourth-order valence-electron chi connectivity index (χ4n) is 4.14. The van der Waals surface area contributed by atoms with Crippen LogP contribution in [0.1, 0.15) is 36.8 Å². The van der Waals surface area contributed by atoms with Crippen molar-refractivity contribution >= 4 is 23.2 Å². The van der Waals surface area contributed by atoms with Crippen LogP contribution in [0.3, 0.4) is 0 Å². The van der Waals surface area contributed by atoms with Gasteiger partial charge in [-0.2, -0.15) is 0 Å². The van der Waals surface area contributed by atoms with Crippen molar-refractivity contribution in [2.75, 3.05) is 23.3 Å². The summed E-state index contributed by atoms with van der Waals surface area (Å²) in [7, 11) is 0. The molecule has 1 atom stereocenters. The topological polar surface area (TPSA) is 61.4 Å². The second-order valence-electron chi connectivity index (χ2n) is 7.70. The quantitative estimate of drug-likeness (QED) is 0.841. The maximum Gasteiger partial charge on any atom is 0.231 e. The van der Waals surface area contributed by atoms with E-state index in [1.165, 1.54) is 5.56 Å². The number of anilines is 2. The molecule has 2 heterocycles. The standard InChI is InChI=1S/C23H27N3O2/c27-22(16-20-7-3-13-24-20)25-19-11-9-17(10-12-19)15-23(28)26-14-4-6-18-5-1-2-8-21(18)26/h1-2,5,8-12,20,24H,3-4,6-7,13-16H2,(H,25,27). The van der Waals surface area contributed by atoms with Gasteiger partial charge in [0.2, 0.25) is 11.8 Å². The number of nitrogens with zero attached hydrogens (tertiary/aromatic N) is 1. The summed E-state index contributed by atoms with van der Waals surface area (Å²) in [5.74, 6) is 0.157. The molecule has 2 aliphatic rings. The fraction of sp³-hybridized carbons (Fsp3) is 0.391. The largest absolute Gasteiger partial charge is 0.326 e. The van der Waals surface area contributed by atoms with Gasteiger partial charge in [-0.1, -0.05) is 30.3 Å². The lowest BCUT2D eigenvalue weighted by atomic mass is 10.0. The number of para-hydroxylation sites is 1. The van der Waals surface area contributed by atoms with Gasteiger partial charge in [-0.25, -0.2) is 0 Å². The first-order valence-electron chi connectivity index (χ1n) is 10.2. The molecule has 0 aliphatic carbocycles. The van der Waals surface area contributed by atoms with E-state index in [1.807, 2.05) is 47.4 Å². The van der Waals surface area contributed by atoms with Crippen molar-refractivity contribution in [3.8, 4) is 0 Å². The maximum atomic E-state index is 12.8. The molecule has 0 spiro atoms. The summed E-state index contributed by atoms with van der Waals surface area (Å²) in [5, 5.41) is 6.29. The Morgan fingerprint density at radius 3 is 2.68 bits per heavy atom. The Labute approximate surface area is 166 Å². The second-order valence-corrected chi connectivity index (χ2v) is 7.70. The Bertz CT molecular complexity index is 841. The van der Waals surface area contributed by atoms with Crippen molar-refractivity contribution in [1.82, 2.24) is 5.32 Å². The zero-order valence-corrected chi connectivity index (χ0v) is 16.1. The number of benzene rings is 2. The van der Waals surface area contributed by atoms with E-state index in [4.69, 9.17) is 0 Å². The molecule has 146 valence electrons. The van der Waals surface area contributed by atoms with E-state index >= 15 is 0 Å². The number of carbonyl (C=O) groups is 2. The third-order valence-electron chi connectivity index (χ3n) is 5.60. The number of fused-ring (bicyclic) bond motifs is 1. The number of rotatable bonds is 5. The second kappa shape index (κ2) is 8.57. The SMILES string of the molecule is O=C(CC1CCCN1)Nc1ccc(CC(=O)N2CCCc3ccccc32)cc1. The van der Waals surface area contributed by atoms with E-state index in [0.717, 1.165) is 55.7 Å². The number of aryl methyl sites for hydroxylation is 1. The molecule has 5 heteroatoms. The van der Waals surface area contributed by atoms with Gasteiger partial charge in [0, 0.05) is 30.4 Å². The van der Waals surface area contributed by atoms with Crippen LogP contribution in [-0.4, -0.2) is 30.9 Å². The van der Waals surface area contributed by atoms with Crippen molar-refractivity contribution in [3.63, 3.8) is 0 Å². The van der Waals surface area contributed by atoms with Crippen LogP contribution in [0, 0.1) is 0 Å². The Morgan fingerprint density at radius 1 is 1.07 bits per heavy atom. The molecule has 0 aromatic heterocycles. The van der Waals surface area contributed by atoms with E-state index < -0.39 is 0 Å². The highest BCUT2D eigenvalue weighted by molar-refractivity contribution is 5.96. The monoisotopic (exact) mass is 377 g/mol. The maximum absolute atomic E-state index is 12.8. The highest BCUT2D eigenvalue weighted by Crippen LogP contribution is 2.27. The summed E-state index contributed by atoms with van der Waals surface area (Å²) in [5.41, 5.74) is 4.03. The molecule has 2 amide bonds. The minimum absolute atomic E-state index is 0.0353. The minimum Gasteiger partial charge on any atom is -0.326 e. The molecule has 0 bridgehead atoms. The highest BCUT2D eigenvalue weighted by atomic mass is 16.2. The number of hydrogen-bond acceptors (Lipinski definition) is 3. The fourth-order valence-corrected chi connectivity index (χ4v) is 4.14. The average molecular weight is 377 g/mol. The average Bonchev–Trinajstić information content (AvgIpc) is 3.22. The van der Waals surface area contributed by atoms with Crippen molar-refractivity contribution < 1.29 is 9.59 Å². The number of hydrogen-bond donors (Lipinski definition) is 2. The summed E-state index contributed by atoms with van der Waals surface area (Å²) >= 11 is 0. The number of nitrogens with one attached hydrogen (secondary N) is 2. The predicted octanol–water partition coefficient (Wildman–Crippen LogP) is 3.29. The predicted molar refractivity (Wildman–Crippen MR) is 112 cm³/mol. The summed E-state index contributed by atoms with van der Waals surface area (Å²) < 4.78 is 0. The molecule has 4 rings (SSSR count). The molecule has 1 fully saturated rings. The van der Waals surface area contributed by atoms with Crippen molar-refractivity contribution in [2.24, 2.45) is 0 Å². The number of amides is 2. The van der Waals surface area contributed by atoms with Gasteiger partial charge in [0.1, 0.15) is 0 Å². The van der Waals surface area contributed by atoms with Crippen LogP contribution in [0.2, 0.25) is 0 Å². The normalized spacial score (nSPS) is 18.6. The van der Waals surface area contributed by atoms with Crippen LogP contribution in [0.4, 0.5) is 11.4 Å². The van der Waals surface area contributed by atoms with Crippen LogP contribution in [0.5, 0.6) is 0 Å². The Hall–Kier alpha value is -2.66. The smallest absolute Gasteiger partial charge is 0.231 e. The first-order valence-corrected chi connectivity index (χ1v) is 10.2. The van der Waals surface area contributed by atoms with Gasteiger partial charge in [-0.3, -0.25) is 9.59 Å². The third kappa shape index (κ3) is 4.42. The van der Waals surface area contributed by atoms with Crippen molar-refractivity contribution in [3.05, 3.63) is 59.7 Å². The van der Waals surface area contributed by atoms with E-state index in [-0.39, 0.29) is 11.8 Å². The lowest BCUT2D eigenvalue weighted by Crippen LogP contribution is -2.36.